The first kappa shape index (κ1) is 21.5. The van der Waals surface area contributed by atoms with Gasteiger partial charge in [-0.1, -0.05) is 36.4 Å². The van der Waals surface area contributed by atoms with Gasteiger partial charge >= 0.3 is 0 Å². The summed E-state index contributed by atoms with van der Waals surface area (Å²) in [4.78, 5) is 15.6. The third-order valence-electron chi connectivity index (χ3n) is 6.80. The van der Waals surface area contributed by atoms with Crippen LogP contribution in [0, 0.1) is 6.92 Å². The molecule has 0 unspecified atom stereocenters. The van der Waals surface area contributed by atoms with Gasteiger partial charge in [-0.05, 0) is 31.2 Å². The molecule has 0 spiro atoms. The predicted octanol–water partition coefficient (Wildman–Crippen LogP) is 5.46. The summed E-state index contributed by atoms with van der Waals surface area (Å²) >= 11 is 0. The zero-order valence-corrected chi connectivity index (χ0v) is 20.0. The van der Waals surface area contributed by atoms with E-state index in [-0.39, 0.29) is 5.78 Å². The van der Waals surface area contributed by atoms with Crippen LogP contribution in [0.2, 0.25) is 0 Å². The number of rotatable bonds is 4. The van der Waals surface area contributed by atoms with Crippen LogP contribution in [0.5, 0.6) is 17.2 Å². The molecule has 0 bridgehead atoms. The monoisotopic (exact) mass is 466 g/mol. The van der Waals surface area contributed by atoms with E-state index in [1.807, 2.05) is 62.6 Å². The Balaban J connectivity index is 1.31. The van der Waals surface area contributed by atoms with Gasteiger partial charge in [-0.25, -0.2) is 0 Å². The minimum atomic E-state index is -0.0966. The standard InChI is InChI=1S/C29H26N2O4/c1-18-28-21(16-31(17-34-28)15-19-8-4-7-11-25(19)33-3)12-23-27(32)26(35-29(18)23)13-20-14-30(2)24-10-6-5-9-22(20)24/h4-14H,15-17H2,1-3H3/b26-13-. The number of hydrogen-bond acceptors (Lipinski definition) is 5. The van der Waals surface area contributed by atoms with E-state index in [1.54, 1.807) is 7.11 Å². The van der Waals surface area contributed by atoms with Gasteiger partial charge in [0.05, 0.1) is 12.7 Å². The van der Waals surface area contributed by atoms with E-state index in [9.17, 15) is 4.79 Å². The minimum Gasteiger partial charge on any atom is -0.496 e. The summed E-state index contributed by atoms with van der Waals surface area (Å²) in [5, 5.41) is 1.08. The molecule has 2 aliphatic rings. The average Bonchev–Trinajstić information content (AvgIpc) is 3.36. The zero-order chi connectivity index (χ0) is 24.1. The highest BCUT2D eigenvalue weighted by atomic mass is 16.5. The maximum atomic E-state index is 13.4. The highest BCUT2D eigenvalue weighted by Gasteiger charge is 2.34. The SMILES string of the molecule is COc1ccccc1CN1COc2c(cc3c(c2C)O/C(=C\c2cn(C)c4ccccc24)C3=O)C1. The van der Waals surface area contributed by atoms with Crippen LogP contribution < -0.4 is 14.2 Å². The van der Waals surface area contributed by atoms with Crippen LogP contribution in [0.25, 0.3) is 17.0 Å². The van der Waals surface area contributed by atoms with Gasteiger partial charge in [0.25, 0.3) is 0 Å². The van der Waals surface area contributed by atoms with E-state index in [2.05, 4.69) is 27.7 Å². The van der Waals surface area contributed by atoms with Gasteiger partial charge in [0.1, 0.15) is 24.0 Å². The van der Waals surface area contributed by atoms with Crippen molar-refractivity contribution in [3.63, 3.8) is 0 Å². The quantitative estimate of drug-likeness (QED) is 0.374. The number of allylic oxidation sites excluding steroid dienone is 1. The Morgan fingerprint density at radius 3 is 2.74 bits per heavy atom. The summed E-state index contributed by atoms with van der Waals surface area (Å²) in [7, 11) is 3.69. The summed E-state index contributed by atoms with van der Waals surface area (Å²) in [5.41, 5.74) is 5.61. The van der Waals surface area contributed by atoms with Gasteiger partial charge in [0.15, 0.2) is 5.76 Å². The molecule has 3 heterocycles. The first-order chi connectivity index (χ1) is 17.0. The van der Waals surface area contributed by atoms with Crippen molar-refractivity contribution in [2.75, 3.05) is 13.8 Å². The molecule has 176 valence electrons. The van der Waals surface area contributed by atoms with E-state index < -0.39 is 0 Å². The molecule has 35 heavy (non-hydrogen) atoms. The van der Waals surface area contributed by atoms with Crippen LogP contribution in [0.1, 0.15) is 32.6 Å². The molecule has 6 rings (SSSR count). The number of para-hydroxylation sites is 2. The number of carbonyl (C=O) groups is 1. The molecule has 2 aliphatic heterocycles. The number of hydrogen-bond donors (Lipinski definition) is 0. The number of aryl methyl sites for hydroxylation is 1. The van der Waals surface area contributed by atoms with Crippen molar-refractivity contribution in [2.24, 2.45) is 7.05 Å². The summed E-state index contributed by atoms with van der Waals surface area (Å²) in [6, 6.07) is 18.1. The highest BCUT2D eigenvalue weighted by Crippen LogP contribution is 2.43. The lowest BCUT2D eigenvalue weighted by atomic mass is 9.99. The Morgan fingerprint density at radius 1 is 1.09 bits per heavy atom. The number of nitrogens with zero attached hydrogens (tertiary/aromatic N) is 2. The van der Waals surface area contributed by atoms with Crippen LogP contribution in [0.4, 0.5) is 0 Å². The van der Waals surface area contributed by atoms with Crippen LogP contribution in [0.15, 0.2) is 66.6 Å². The van der Waals surface area contributed by atoms with Gasteiger partial charge in [-0.2, -0.15) is 0 Å². The number of methoxy groups -OCH3 is 1. The molecule has 0 aliphatic carbocycles. The van der Waals surface area contributed by atoms with E-state index in [4.69, 9.17) is 14.2 Å². The number of benzene rings is 3. The lowest BCUT2D eigenvalue weighted by Crippen LogP contribution is -2.32. The Hall–Kier alpha value is -4.03. The molecule has 6 nitrogen and oxygen atoms in total. The minimum absolute atomic E-state index is 0.0966. The molecule has 0 amide bonds. The summed E-state index contributed by atoms with van der Waals surface area (Å²) in [6.07, 6.45) is 3.87. The van der Waals surface area contributed by atoms with E-state index in [1.165, 1.54) is 0 Å². The molecular weight excluding hydrogens is 440 g/mol. The fourth-order valence-electron chi connectivity index (χ4n) is 5.10. The van der Waals surface area contributed by atoms with Crippen molar-refractivity contribution in [1.29, 1.82) is 0 Å². The topological polar surface area (TPSA) is 52.9 Å². The fraction of sp³-hybridized carbons (Fsp3) is 0.207. The van der Waals surface area contributed by atoms with Crippen molar-refractivity contribution in [2.45, 2.75) is 20.0 Å². The molecule has 0 atom stereocenters. The Kier molecular flexibility index (Phi) is 5.11. The lowest BCUT2D eigenvalue weighted by molar-refractivity contribution is 0.0869. The second-order valence-electron chi connectivity index (χ2n) is 9.09. The second-order valence-corrected chi connectivity index (χ2v) is 9.09. The first-order valence-corrected chi connectivity index (χ1v) is 11.7. The largest absolute Gasteiger partial charge is 0.496 e. The van der Waals surface area contributed by atoms with Gasteiger partial charge in [0, 0.05) is 59.5 Å². The Morgan fingerprint density at radius 2 is 1.89 bits per heavy atom. The molecule has 0 radical (unpaired) electrons. The number of ether oxygens (including phenoxy) is 3. The molecule has 6 heteroatoms. The molecule has 0 N–H and O–H groups in total. The van der Waals surface area contributed by atoms with Gasteiger partial charge in [-0.15, -0.1) is 0 Å². The van der Waals surface area contributed by atoms with Crippen LogP contribution in [-0.2, 0) is 20.1 Å². The number of aromatic nitrogens is 1. The number of Topliss-reactive ketones (excluding diaryl/α,β-unsaturated/α-hetero) is 1. The molecule has 0 saturated heterocycles. The third-order valence-corrected chi connectivity index (χ3v) is 6.80. The maximum absolute atomic E-state index is 13.4. The van der Waals surface area contributed by atoms with Crippen LogP contribution in [-0.4, -0.2) is 29.1 Å². The van der Waals surface area contributed by atoms with Gasteiger partial charge in [-0.3, -0.25) is 9.69 Å². The zero-order valence-electron chi connectivity index (χ0n) is 20.0. The van der Waals surface area contributed by atoms with Crippen LogP contribution >= 0.6 is 0 Å². The normalized spacial score (nSPS) is 16.2. The summed E-state index contributed by atoms with van der Waals surface area (Å²) in [6.45, 7) is 3.78. The predicted molar refractivity (Wildman–Crippen MR) is 135 cm³/mol. The molecule has 0 saturated carbocycles. The number of fused-ring (bicyclic) bond motifs is 3. The summed E-state index contributed by atoms with van der Waals surface area (Å²) < 4.78 is 19.8. The van der Waals surface area contributed by atoms with Crippen molar-refractivity contribution in [1.82, 2.24) is 9.47 Å². The molecule has 1 aromatic heterocycles. The van der Waals surface area contributed by atoms with E-state index in [0.717, 1.165) is 44.7 Å². The lowest BCUT2D eigenvalue weighted by Gasteiger charge is -2.30. The van der Waals surface area contributed by atoms with Crippen LogP contribution in [0.3, 0.4) is 0 Å². The van der Waals surface area contributed by atoms with E-state index >= 15 is 0 Å². The maximum Gasteiger partial charge on any atom is 0.231 e. The average molecular weight is 467 g/mol. The Bertz CT molecular complexity index is 1510. The number of ketones is 1. The smallest absolute Gasteiger partial charge is 0.231 e. The van der Waals surface area contributed by atoms with E-state index in [0.29, 0.717) is 36.9 Å². The first-order valence-electron chi connectivity index (χ1n) is 11.7. The number of carbonyl (C=O) groups excluding carboxylic acids is 1. The summed E-state index contributed by atoms with van der Waals surface area (Å²) in [5.74, 6) is 2.50. The highest BCUT2D eigenvalue weighted by molar-refractivity contribution is 6.15. The van der Waals surface area contributed by atoms with Crippen molar-refractivity contribution in [3.8, 4) is 17.2 Å². The van der Waals surface area contributed by atoms with Crippen molar-refractivity contribution >= 4 is 22.8 Å². The second kappa shape index (κ2) is 8.32. The van der Waals surface area contributed by atoms with Gasteiger partial charge in [0.2, 0.25) is 5.78 Å². The molecule has 4 aromatic rings. The third kappa shape index (κ3) is 3.58. The molecule has 3 aromatic carbocycles. The van der Waals surface area contributed by atoms with Crippen molar-refractivity contribution < 1.29 is 19.0 Å². The molecular formula is C29H26N2O4. The fourth-order valence-corrected chi connectivity index (χ4v) is 5.10. The van der Waals surface area contributed by atoms with Gasteiger partial charge < -0.3 is 18.8 Å². The Labute approximate surface area is 203 Å². The van der Waals surface area contributed by atoms with Crippen molar-refractivity contribution in [3.05, 3.63) is 94.4 Å². The molecule has 0 fully saturated rings.